The molecule has 0 aliphatic heterocycles. The predicted molar refractivity (Wildman–Crippen MR) is 116 cm³/mol. The average molecular weight is 463 g/mol. The zero-order valence-electron chi connectivity index (χ0n) is 17.8. The highest BCUT2D eigenvalue weighted by molar-refractivity contribution is 6.33. The summed E-state index contributed by atoms with van der Waals surface area (Å²) >= 11 is 5.71. The van der Waals surface area contributed by atoms with Gasteiger partial charge in [0.25, 0.3) is 0 Å². The van der Waals surface area contributed by atoms with Crippen molar-refractivity contribution in [1.29, 1.82) is 0 Å². The molecule has 0 atom stereocenters. The second-order valence-electron chi connectivity index (χ2n) is 6.78. The zero-order chi connectivity index (χ0) is 24.0. The molecule has 1 aromatic carbocycles. The normalized spacial score (nSPS) is 10.2. The van der Waals surface area contributed by atoms with Crippen LogP contribution in [-0.4, -0.2) is 19.8 Å². The maximum Gasteiger partial charge on any atom is 0.329 e. The van der Waals surface area contributed by atoms with Gasteiger partial charge in [-0.05, 0) is 51.0 Å². The van der Waals surface area contributed by atoms with Crippen LogP contribution >= 0.6 is 11.6 Å². The molecule has 168 valence electrons. The van der Waals surface area contributed by atoms with E-state index in [0.717, 1.165) is 5.56 Å². The summed E-state index contributed by atoms with van der Waals surface area (Å²) in [5.74, 6) is -0.137. The Bertz CT molecular complexity index is 1160. The molecule has 0 saturated carbocycles. The van der Waals surface area contributed by atoms with Crippen molar-refractivity contribution < 1.29 is 19.0 Å². The number of nitro groups is 2. The van der Waals surface area contributed by atoms with E-state index < -0.39 is 9.85 Å². The van der Waals surface area contributed by atoms with Gasteiger partial charge in [0, 0.05) is 17.0 Å². The Hall–Kier alpha value is -3.66. The predicted octanol–water partition coefficient (Wildman–Crippen LogP) is 5.58. The number of rotatable bonds is 5. The van der Waals surface area contributed by atoms with Gasteiger partial charge in [-0.1, -0.05) is 23.7 Å². The van der Waals surface area contributed by atoms with Crippen molar-refractivity contribution in [3.05, 3.63) is 95.8 Å². The highest BCUT2D eigenvalue weighted by Crippen LogP contribution is 2.32. The van der Waals surface area contributed by atoms with E-state index in [1.807, 2.05) is 0 Å². The molecule has 0 amide bonds. The van der Waals surface area contributed by atoms with E-state index >= 15 is 0 Å². The molecule has 2 heterocycles. The summed E-state index contributed by atoms with van der Waals surface area (Å²) < 4.78 is 18.3. The van der Waals surface area contributed by atoms with Crippen molar-refractivity contribution in [3.63, 3.8) is 0 Å². The minimum Gasteiger partial charge on any atom is -0.482 e. The molecule has 3 aromatic rings. The van der Waals surface area contributed by atoms with Gasteiger partial charge in [-0.15, -0.1) is 0 Å². The third-order valence-electron chi connectivity index (χ3n) is 4.66. The summed E-state index contributed by atoms with van der Waals surface area (Å²) in [4.78, 5) is 28.1. The van der Waals surface area contributed by atoms with Crippen molar-refractivity contribution in [2.75, 3.05) is 0 Å². The molecular weight excluding hydrogens is 443 g/mol. The van der Waals surface area contributed by atoms with Gasteiger partial charge in [-0.25, -0.2) is 4.39 Å². The lowest BCUT2D eigenvalue weighted by Gasteiger charge is -2.10. The van der Waals surface area contributed by atoms with Gasteiger partial charge in [-0.2, -0.15) is 0 Å². The first-order valence-electron chi connectivity index (χ1n) is 9.26. The van der Waals surface area contributed by atoms with Gasteiger partial charge in [0.15, 0.2) is 0 Å². The van der Waals surface area contributed by atoms with Crippen LogP contribution in [0.3, 0.4) is 0 Å². The molecule has 0 radical (unpaired) electrons. The van der Waals surface area contributed by atoms with Gasteiger partial charge in [-0.3, -0.25) is 30.2 Å². The second kappa shape index (κ2) is 10.6. The average Bonchev–Trinajstić information content (AvgIpc) is 2.74. The molecule has 0 bridgehead atoms. The summed E-state index contributed by atoms with van der Waals surface area (Å²) in [7, 11) is 0. The Balaban J connectivity index is 0.000000258. The van der Waals surface area contributed by atoms with Gasteiger partial charge in [0.05, 0.1) is 9.85 Å². The summed E-state index contributed by atoms with van der Waals surface area (Å²) in [5, 5.41) is 21.5. The maximum absolute atomic E-state index is 12.8. The lowest BCUT2D eigenvalue weighted by atomic mass is 10.2. The van der Waals surface area contributed by atoms with Crippen LogP contribution < -0.4 is 4.74 Å². The molecule has 0 saturated heterocycles. The highest BCUT2D eigenvalue weighted by Gasteiger charge is 2.20. The Kier molecular flexibility index (Phi) is 8.14. The first-order valence-corrected chi connectivity index (χ1v) is 9.64. The molecule has 9 nitrogen and oxygen atoms in total. The second-order valence-corrected chi connectivity index (χ2v) is 7.16. The van der Waals surface area contributed by atoms with E-state index in [1.54, 1.807) is 39.8 Å². The smallest absolute Gasteiger partial charge is 0.329 e. The maximum atomic E-state index is 12.8. The van der Waals surface area contributed by atoms with E-state index in [2.05, 4.69) is 9.97 Å². The SMILES string of the molecule is Cc1ncc([N+](=O)[O-])c(Cl)c1C.Cc1ncc([N+](=O)[O-])c(OCc2ccc(F)cc2)c1C. The number of aryl methyl sites for hydroxylation is 2. The van der Waals surface area contributed by atoms with Crippen LogP contribution in [0.1, 0.15) is 28.1 Å². The first kappa shape index (κ1) is 24.6. The Morgan fingerprint density at radius 1 is 0.906 bits per heavy atom. The van der Waals surface area contributed by atoms with Crippen LogP contribution in [0.25, 0.3) is 0 Å². The molecule has 0 aliphatic rings. The van der Waals surface area contributed by atoms with Crippen LogP contribution in [0.4, 0.5) is 15.8 Å². The first-order chi connectivity index (χ1) is 15.0. The van der Waals surface area contributed by atoms with E-state index in [0.29, 0.717) is 22.5 Å². The zero-order valence-corrected chi connectivity index (χ0v) is 18.5. The molecule has 0 unspecified atom stereocenters. The number of hydrogen-bond donors (Lipinski definition) is 0. The summed E-state index contributed by atoms with van der Waals surface area (Å²) in [6, 6.07) is 5.78. The summed E-state index contributed by atoms with van der Waals surface area (Å²) in [6.07, 6.45) is 2.35. The van der Waals surface area contributed by atoms with Crippen molar-refractivity contribution in [1.82, 2.24) is 9.97 Å². The Morgan fingerprint density at radius 3 is 1.94 bits per heavy atom. The molecule has 0 spiro atoms. The number of hydrogen-bond acceptors (Lipinski definition) is 7. The Labute approximate surface area is 188 Å². The van der Waals surface area contributed by atoms with Gasteiger partial charge >= 0.3 is 11.4 Å². The minimum absolute atomic E-state index is 0.130. The van der Waals surface area contributed by atoms with Crippen LogP contribution in [0, 0.1) is 53.7 Å². The van der Waals surface area contributed by atoms with Crippen LogP contribution in [-0.2, 0) is 6.61 Å². The standard InChI is InChI=1S/C14H13FN2O3.C7H7ClN2O2/c1-9-10(2)16-7-13(17(18)19)14(9)20-8-11-3-5-12(15)6-4-11;1-4-5(2)9-3-6(7(4)8)10(11)12/h3-7H,8H2,1-2H3;3H,1-2H3. The van der Waals surface area contributed by atoms with Gasteiger partial charge < -0.3 is 4.74 Å². The van der Waals surface area contributed by atoms with E-state index in [9.17, 15) is 24.6 Å². The minimum atomic E-state index is -0.540. The van der Waals surface area contributed by atoms with Crippen molar-refractivity contribution in [2.45, 2.75) is 34.3 Å². The molecular formula is C21H20ClFN4O5. The lowest BCUT2D eigenvalue weighted by molar-refractivity contribution is -0.386. The molecule has 0 N–H and O–H groups in total. The number of benzene rings is 1. The molecule has 0 fully saturated rings. The van der Waals surface area contributed by atoms with Crippen molar-refractivity contribution in [2.24, 2.45) is 0 Å². The van der Waals surface area contributed by atoms with Crippen LogP contribution in [0.15, 0.2) is 36.7 Å². The van der Waals surface area contributed by atoms with Gasteiger partial charge in [0.1, 0.15) is 29.8 Å². The number of nitrogens with zero attached hydrogens (tertiary/aromatic N) is 4. The molecule has 2 aromatic heterocycles. The largest absolute Gasteiger partial charge is 0.482 e. The summed E-state index contributed by atoms with van der Waals surface area (Å²) in [5.41, 5.74) is 3.09. The van der Waals surface area contributed by atoms with Crippen molar-refractivity contribution in [3.8, 4) is 5.75 Å². The van der Waals surface area contributed by atoms with Crippen molar-refractivity contribution >= 4 is 23.0 Å². The Morgan fingerprint density at radius 2 is 1.41 bits per heavy atom. The fraction of sp³-hybridized carbons (Fsp3) is 0.238. The summed E-state index contributed by atoms with van der Waals surface area (Å²) in [6.45, 7) is 7.06. The highest BCUT2D eigenvalue weighted by atomic mass is 35.5. The fourth-order valence-corrected chi connectivity index (χ4v) is 2.76. The third kappa shape index (κ3) is 5.94. The van der Waals surface area contributed by atoms with Gasteiger partial charge in [0.2, 0.25) is 5.75 Å². The van der Waals surface area contributed by atoms with E-state index in [1.165, 1.54) is 24.5 Å². The molecule has 3 rings (SSSR count). The number of aromatic nitrogens is 2. The molecule has 0 aliphatic carbocycles. The molecule has 32 heavy (non-hydrogen) atoms. The quantitative estimate of drug-likeness (QED) is 0.358. The van der Waals surface area contributed by atoms with Crippen LogP contribution in [0.2, 0.25) is 5.02 Å². The van der Waals surface area contributed by atoms with E-state index in [4.69, 9.17) is 16.3 Å². The topological polar surface area (TPSA) is 121 Å². The number of pyridine rings is 2. The third-order valence-corrected chi connectivity index (χ3v) is 5.14. The molecule has 11 heteroatoms. The van der Waals surface area contributed by atoms with Crippen LogP contribution in [0.5, 0.6) is 5.75 Å². The number of halogens is 2. The number of ether oxygens (including phenoxy) is 1. The lowest BCUT2D eigenvalue weighted by Crippen LogP contribution is -2.03. The van der Waals surface area contributed by atoms with E-state index in [-0.39, 0.29) is 34.6 Å². The monoisotopic (exact) mass is 462 g/mol. The fourth-order valence-electron chi connectivity index (χ4n) is 2.51.